The topological polar surface area (TPSA) is 105 Å². The highest BCUT2D eigenvalue weighted by Gasteiger charge is 2.22. The van der Waals surface area contributed by atoms with Gasteiger partial charge in [0.2, 0.25) is 0 Å². The summed E-state index contributed by atoms with van der Waals surface area (Å²) in [4.78, 5) is 12.5. The molecule has 3 aromatic carbocycles. The molecule has 7 nitrogen and oxygen atoms in total. The number of nitrogens with zero attached hydrogens (tertiary/aromatic N) is 1. The number of ether oxygens (including phenoxy) is 1. The van der Waals surface area contributed by atoms with Crippen LogP contribution in [0.4, 0.5) is 5.69 Å². The summed E-state index contributed by atoms with van der Waals surface area (Å²) in [5.74, 6) is -0.612. The van der Waals surface area contributed by atoms with Gasteiger partial charge in [0.05, 0.1) is 11.1 Å². The fraction of sp³-hybridized carbons (Fsp3) is 0.0833. The van der Waals surface area contributed by atoms with Crippen LogP contribution < -0.4 is 14.2 Å². The third kappa shape index (κ3) is 6.99. The molecule has 3 aromatic rings. The lowest BCUT2D eigenvalue weighted by atomic mass is 10.1. The fourth-order valence-corrected chi connectivity index (χ4v) is 4.68. The maximum Gasteiger partial charge on any atom is 0.339 e. The Morgan fingerprint density at radius 2 is 1.69 bits per heavy atom. The summed E-state index contributed by atoms with van der Waals surface area (Å²) < 4.78 is 36.7. The van der Waals surface area contributed by atoms with Crippen LogP contribution in [0, 0.1) is 11.3 Å². The highest BCUT2D eigenvalue weighted by Crippen LogP contribution is 2.39. The van der Waals surface area contributed by atoms with E-state index in [1.165, 1.54) is 42.5 Å². The monoisotopic (exact) mass is 594 g/mol. The van der Waals surface area contributed by atoms with Crippen molar-refractivity contribution in [2.45, 2.75) is 11.8 Å². The average Bonchev–Trinajstić information content (AvgIpc) is 2.81. The molecule has 0 aliphatic heterocycles. The first-order valence-electron chi connectivity index (χ1n) is 9.98. The van der Waals surface area contributed by atoms with Gasteiger partial charge in [0, 0.05) is 15.7 Å². The summed E-state index contributed by atoms with van der Waals surface area (Å²) in [6.07, 6.45) is 1.34. The van der Waals surface area contributed by atoms with Crippen LogP contribution in [0.2, 0.25) is 10.0 Å². The lowest BCUT2D eigenvalue weighted by molar-refractivity contribution is -0.112. The highest BCUT2D eigenvalue weighted by molar-refractivity contribution is 9.10. The number of hydrogen-bond donors (Lipinski definition) is 1. The summed E-state index contributed by atoms with van der Waals surface area (Å²) >= 11 is 15.0. The summed E-state index contributed by atoms with van der Waals surface area (Å²) in [6.45, 7) is 1.92. The van der Waals surface area contributed by atoms with Crippen molar-refractivity contribution in [3.63, 3.8) is 0 Å². The Morgan fingerprint density at radius 3 is 2.26 bits per heavy atom. The molecule has 1 N–H and O–H groups in total. The van der Waals surface area contributed by atoms with E-state index in [0.29, 0.717) is 21.3 Å². The molecule has 0 aliphatic carbocycles. The van der Waals surface area contributed by atoms with Gasteiger partial charge < -0.3 is 14.2 Å². The SMILES string of the molecule is CCOc1cc(/C=C(\C#N)C(=O)Nc2ccc(Cl)cc2)cc(Br)c1OS(=O)(=O)c1ccc(Cl)cc1. The van der Waals surface area contributed by atoms with Crippen molar-refractivity contribution in [2.24, 2.45) is 0 Å². The Labute approximate surface area is 221 Å². The first-order valence-corrected chi connectivity index (χ1v) is 12.9. The van der Waals surface area contributed by atoms with Gasteiger partial charge in [-0.1, -0.05) is 23.2 Å². The molecule has 0 saturated heterocycles. The molecule has 0 aliphatic rings. The van der Waals surface area contributed by atoms with E-state index in [-0.39, 0.29) is 33.0 Å². The quantitative estimate of drug-likeness (QED) is 0.182. The summed E-state index contributed by atoms with van der Waals surface area (Å²) in [6, 6.07) is 16.8. The van der Waals surface area contributed by atoms with E-state index in [9.17, 15) is 18.5 Å². The molecular weight excluding hydrogens is 579 g/mol. The number of hydrogen-bond acceptors (Lipinski definition) is 6. The Bertz CT molecular complexity index is 1420. The number of amides is 1. The lowest BCUT2D eigenvalue weighted by Gasteiger charge is -2.14. The lowest BCUT2D eigenvalue weighted by Crippen LogP contribution is -2.13. The van der Waals surface area contributed by atoms with E-state index in [4.69, 9.17) is 32.1 Å². The predicted octanol–water partition coefficient (Wildman–Crippen LogP) is 6.47. The van der Waals surface area contributed by atoms with Gasteiger partial charge in [-0.2, -0.15) is 13.7 Å². The van der Waals surface area contributed by atoms with Crippen molar-refractivity contribution >= 4 is 66.9 Å². The standard InChI is InChI=1S/C24H17BrCl2N2O5S/c1-2-33-22-13-15(11-16(14-28)24(30)29-19-7-3-17(26)4-8-19)12-21(25)23(22)34-35(31,32)20-9-5-18(27)6-10-20/h3-13H,2H2,1H3,(H,29,30)/b16-11+. The Hall–Kier alpha value is -3.03. The van der Waals surface area contributed by atoms with Crippen molar-refractivity contribution in [2.75, 3.05) is 11.9 Å². The van der Waals surface area contributed by atoms with Crippen LogP contribution in [0.1, 0.15) is 12.5 Å². The van der Waals surface area contributed by atoms with Crippen LogP contribution >= 0.6 is 39.1 Å². The van der Waals surface area contributed by atoms with Crippen LogP contribution in [0.3, 0.4) is 0 Å². The largest absolute Gasteiger partial charge is 0.490 e. The van der Waals surface area contributed by atoms with Crippen molar-refractivity contribution < 1.29 is 22.1 Å². The van der Waals surface area contributed by atoms with Gasteiger partial charge in [-0.05, 0) is 95.2 Å². The van der Waals surface area contributed by atoms with Crippen LogP contribution in [0.15, 0.2) is 75.6 Å². The van der Waals surface area contributed by atoms with Crippen molar-refractivity contribution in [3.05, 3.63) is 86.3 Å². The Kier molecular flexibility index (Phi) is 8.81. The van der Waals surface area contributed by atoms with Crippen molar-refractivity contribution in [1.82, 2.24) is 0 Å². The average molecular weight is 596 g/mol. The van der Waals surface area contributed by atoms with Gasteiger partial charge >= 0.3 is 10.1 Å². The molecule has 35 heavy (non-hydrogen) atoms. The van der Waals surface area contributed by atoms with Gasteiger partial charge in [-0.15, -0.1) is 0 Å². The minimum absolute atomic E-state index is 0.0805. The van der Waals surface area contributed by atoms with Crippen molar-refractivity contribution in [3.8, 4) is 17.6 Å². The minimum atomic E-state index is -4.20. The number of nitrogens with one attached hydrogen (secondary N) is 1. The molecule has 1 amide bonds. The molecule has 0 aromatic heterocycles. The van der Waals surface area contributed by atoms with E-state index >= 15 is 0 Å². The highest BCUT2D eigenvalue weighted by atomic mass is 79.9. The zero-order valence-electron chi connectivity index (χ0n) is 18.1. The van der Waals surface area contributed by atoms with E-state index in [0.717, 1.165) is 0 Å². The zero-order valence-corrected chi connectivity index (χ0v) is 22.0. The molecule has 3 rings (SSSR count). The first kappa shape index (κ1) is 26.6. The number of halogens is 3. The summed E-state index contributed by atoms with van der Waals surface area (Å²) in [7, 11) is -4.20. The molecule has 11 heteroatoms. The molecule has 0 spiro atoms. The van der Waals surface area contributed by atoms with Crippen LogP contribution in [-0.4, -0.2) is 20.9 Å². The smallest absolute Gasteiger partial charge is 0.339 e. The number of nitriles is 1. The van der Waals surface area contributed by atoms with E-state index in [1.54, 1.807) is 31.2 Å². The van der Waals surface area contributed by atoms with E-state index in [1.807, 2.05) is 6.07 Å². The number of rotatable bonds is 8. The first-order chi connectivity index (χ1) is 16.6. The Balaban J connectivity index is 1.93. The number of anilines is 1. The molecule has 0 heterocycles. The second-order valence-electron chi connectivity index (χ2n) is 6.89. The third-order valence-electron chi connectivity index (χ3n) is 4.41. The zero-order chi connectivity index (χ0) is 25.6. The van der Waals surface area contributed by atoms with Crippen molar-refractivity contribution in [1.29, 1.82) is 5.26 Å². The predicted molar refractivity (Wildman–Crippen MR) is 138 cm³/mol. The second kappa shape index (κ2) is 11.6. The molecular formula is C24H17BrCl2N2O5S. The molecule has 0 fully saturated rings. The second-order valence-corrected chi connectivity index (χ2v) is 10.2. The minimum Gasteiger partial charge on any atom is -0.490 e. The number of benzene rings is 3. The van der Waals surface area contributed by atoms with E-state index in [2.05, 4.69) is 21.2 Å². The van der Waals surface area contributed by atoms with Gasteiger partial charge in [0.1, 0.15) is 16.5 Å². The number of carbonyl (C=O) groups is 1. The van der Waals surface area contributed by atoms with Crippen LogP contribution in [0.25, 0.3) is 6.08 Å². The molecule has 0 unspecified atom stereocenters. The molecule has 0 saturated carbocycles. The fourth-order valence-electron chi connectivity index (χ4n) is 2.82. The normalized spacial score (nSPS) is 11.5. The number of carbonyl (C=O) groups excluding carboxylic acids is 1. The summed E-state index contributed by atoms with van der Waals surface area (Å²) in [5.41, 5.74) is 0.684. The van der Waals surface area contributed by atoms with Gasteiger partial charge in [-0.25, -0.2) is 0 Å². The molecule has 180 valence electrons. The summed E-state index contributed by atoms with van der Waals surface area (Å²) in [5, 5.41) is 13.0. The van der Waals surface area contributed by atoms with Gasteiger partial charge in [0.25, 0.3) is 5.91 Å². The molecule has 0 radical (unpaired) electrons. The maximum absolute atomic E-state index is 12.8. The molecule has 0 atom stereocenters. The Morgan fingerprint density at radius 1 is 1.09 bits per heavy atom. The van der Waals surface area contributed by atoms with Gasteiger partial charge in [0.15, 0.2) is 11.5 Å². The van der Waals surface area contributed by atoms with Crippen LogP contribution in [-0.2, 0) is 14.9 Å². The maximum atomic E-state index is 12.8. The third-order valence-corrected chi connectivity index (χ3v) is 6.73. The van der Waals surface area contributed by atoms with Crippen LogP contribution in [0.5, 0.6) is 11.5 Å². The van der Waals surface area contributed by atoms with Gasteiger partial charge in [-0.3, -0.25) is 4.79 Å². The molecule has 0 bridgehead atoms. The van der Waals surface area contributed by atoms with E-state index < -0.39 is 16.0 Å².